The van der Waals surface area contributed by atoms with Crippen molar-refractivity contribution < 1.29 is 4.79 Å². The molecule has 3 rings (SSSR count). The highest BCUT2D eigenvalue weighted by atomic mass is 127. The molecular formula is C18H27IN6O. The number of aromatic nitrogens is 2. The maximum absolute atomic E-state index is 11.5. The highest BCUT2D eigenvalue weighted by molar-refractivity contribution is 14.0. The van der Waals surface area contributed by atoms with Gasteiger partial charge in [0.25, 0.3) is 0 Å². The number of hydrogen-bond donors (Lipinski definition) is 1. The first kappa shape index (κ1) is 20.5. The zero-order chi connectivity index (χ0) is 17.8. The van der Waals surface area contributed by atoms with Gasteiger partial charge < -0.3 is 19.5 Å². The maximum atomic E-state index is 11.5. The summed E-state index contributed by atoms with van der Waals surface area (Å²) in [4.78, 5) is 25.0. The van der Waals surface area contributed by atoms with Gasteiger partial charge in [-0.2, -0.15) is 0 Å². The molecule has 0 aliphatic carbocycles. The largest absolute Gasteiger partial charge is 0.357 e. The van der Waals surface area contributed by atoms with E-state index in [-0.39, 0.29) is 29.9 Å². The lowest BCUT2D eigenvalue weighted by Crippen LogP contribution is -2.53. The second kappa shape index (κ2) is 9.20. The Morgan fingerprint density at radius 2 is 1.92 bits per heavy atom. The first-order valence-corrected chi connectivity index (χ1v) is 8.81. The fourth-order valence-electron chi connectivity index (χ4n) is 3.09. The predicted molar refractivity (Wildman–Crippen MR) is 114 cm³/mol. The van der Waals surface area contributed by atoms with Crippen molar-refractivity contribution in [2.45, 2.75) is 27.3 Å². The number of nitrogens with one attached hydrogen (secondary N) is 1. The lowest BCUT2D eigenvalue weighted by Gasteiger charge is -2.36. The minimum atomic E-state index is 0. The van der Waals surface area contributed by atoms with Crippen molar-refractivity contribution in [1.82, 2.24) is 24.5 Å². The summed E-state index contributed by atoms with van der Waals surface area (Å²) in [6.45, 7) is 10.2. The summed E-state index contributed by atoms with van der Waals surface area (Å²) < 4.78 is 2.09. The number of halogens is 1. The third-order valence-electron chi connectivity index (χ3n) is 4.50. The minimum absolute atomic E-state index is 0. The maximum Gasteiger partial charge on any atom is 0.219 e. The molecule has 0 aromatic carbocycles. The molecule has 7 nitrogen and oxygen atoms in total. The standard InChI is InChI=1S/C18H26N6O.HI/c1-4-19-18(23-10-8-22(9-11-23)15(3)25)20-12-16-13-24-14(2)6-5-7-17(24)21-16;/h5-7,13H,4,8-12H2,1-3H3,(H,19,20);1H. The molecule has 1 amide bonds. The van der Waals surface area contributed by atoms with E-state index >= 15 is 0 Å². The summed E-state index contributed by atoms with van der Waals surface area (Å²) in [5.41, 5.74) is 3.06. The van der Waals surface area contributed by atoms with Gasteiger partial charge in [0, 0.05) is 51.5 Å². The van der Waals surface area contributed by atoms with E-state index in [1.54, 1.807) is 6.92 Å². The molecule has 3 heterocycles. The molecular weight excluding hydrogens is 443 g/mol. The predicted octanol–water partition coefficient (Wildman–Crippen LogP) is 1.89. The van der Waals surface area contributed by atoms with Crippen LogP contribution >= 0.6 is 24.0 Å². The number of hydrogen-bond acceptors (Lipinski definition) is 3. The van der Waals surface area contributed by atoms with E-state index in [1.165, 1.54) is 0 Å². The number of amides is 1. The van der Waals surface area contributed by atoms with Gasteiger partial charge in [-0.05, 0) is 26.0 Å². The molecule has 1 fully saturated rings. The molecule has 8 heteroatoms. The topological polar surface area (TPSA) is 65.2 Å². The van der Waals surface area contributed by atoms with E-state index in [4.69, 9.17) is 4.99 Å². The van der Waals surface area contributed by atoms with E-state index in [2.05, 4.69) is 39.5 Å². The van der Waals surface area contributed by atoms with Crippen LogP contribution in [0.2, 0.25) is 0 Å². The van der Waals surface area contributed by atoms with Crippen LogP contribution in [0.25, 0.3) is 5.65 Å². The Hall–Kier alpha value is -1.84. The number of piperazine rings is 1. The van der Waals surface area contributed by atoms with Gasteiger partial charge in [-0.25, -0.2) is 9.98 Å². The molecule has 0 unspecified atom stereocenters. The Balaban J connectivity index is 0.00000243. The first-order chi connectivity index (χ1) is 12.1. The highest BCUT2D eigenvalue weighted by Crippen LogP contribution is 2.10. The third-order valence-corrected chi connectivity index (χ3v) is 4.50. The van der Waals surface area contributed by atoms with E-state index in [0.717, 1.165) is 55.7 Å². The molecule has 2 aromatic heterocycles. The molecule has 0 spiro atoms. The lowest BCUT2D eigenvalue weighted by molar-refractivity contribution is -0.130. The number of nitrogens with zero attached hydrogens (tertiary/aromatic N) is 5. The molecule has 2 aromatic rings. The van der Waals surface area contributed by atoms with Gasteiger partial charge in [0.05, 0.1) is 12.2 Å². The number of carbonyl (C=O) groups is 1. The second-order valence-corrected chi connectivity index (χ2v) is 6.29. The zero-order valence-corrected chi connectivity index (χ0v) is 17.9. The Bertz CT molecular complexity index is 779. The fourth-order valence-corrected chi connectivity index (χ4v) is 3.09. The smallest absolute Gasteiger partial charge is 0.219 e. The van der Waals surface area contributed by atoms with Crippen LogP contribution in [0.1, 0.15) is 25.2 Å². The second-order valence-electron chi connectivity index (χ2n) is 6.29. The molecule has 0 bridgehead atoms. The van der Waals surface area contributed by atoms with Gasteiger partial charge in [-0.3, -0.25) is 4.79 Å². The number of guanidine groups is 1. The van der Waals surface area contributed by atoms with Crippen LogP contribution < -0.4 is 5.32 Å². The average molecular weight is 470 g/mol. The zero-order valence-electron chi connectivity index (χ0n) is 15.6. The first-order valence-electron chi connectivity index (χ1n) is 8.81. The summed E-state index contributed by atoms with van der Waals surface area (Å²) in [5, 5.41) is 3.35. The van der Waals surface area contributed by atoms with Crippen LogP contribution in [0.5, 0.6) is 0 Å². The number of pyridine rings is 1. The number of fused-ring (bicyclic) bond motifs is 1. The lowest BCUT2D eigenvalue weighted by atomic mass is 10.3. The monoisotopic (exact) mass is 470 g/mol. The average Bonchev–Trinajstić information content (AvgIpc) is 3.03. The van der Waals surface area contributed by atoms with E-state index in [0.29, 0.717) is 6.54 Å². The molecule has 1 aliphatic rings. The molecule has 0 saturated carbocycles. The van der Waals surface area contributed by atoms with Crippen LogP contribution in [-0.2, 0) is 11.3 Å². The normalized spacial score (nSPS) is 15.1. The van der Waals surface area contributed by atoms with Crippen LogP contribution in [0.4, 0.5) is 0 Å². The number of carbonyl (C=O) groups excluding carboxylic acids is 1. The summed E-state index contributed by atoms with van der Waals surface area (Å²) >= 11 is 0. The Morgan fingerprint density at radius 1 is 1.23 bits per heavy atom. The summed E-state index contributed by atoms with van der Waals surface area (Å²) in [6.07, 6.45) is 2.05. The van der Waals surface area contributed by atoms with Gasteiger partial charge in [0.2, 0.25) is 5.91 Å². The molecule has 142 valence electrons. The quantitative estimate of drug-likeness (QED) is 0.423. The summed E-state index contributed by atoms with van der Waals surface area (Å²) in [7, 11) is 0. The van der Waals surface area contributed by atoms with Crippen LogP contribution in [0.15, 0.2) is 29.4 Å². The van der Waals surface area contributed by atoms with Crippen molar-refractivity contribution in [3.05, 3.63) is 35.8 Å². The Morgan fingerprint density at radius 3 is 2.54 bits per heavy atom. The summed E-state index contributed by atoms with van der Waals surface area (Å²) in [5.74, 6) is 1.03. The molecule has 1 aliphatic heterocycles. The van der Waals surface area contributed by atoms with Crippen molar-refractivity contribution in [3.8, 4) is 0 Å². The van der Waals surface area contributed by atoms with Crippen LogP contribution in [-0.4, -0.2) is 63.8 Å². The molecule has 1 N–H and O–H groups in total. The van der Waals surface area contributed by atoms with Crippen molar-refractivity contribution >= 4 is 41.5 Å². The van der Waals surface area contributed by atoms with Crippen LogP contribution in [0.3, 0.4) is 0 Å². The highest BCUT2D eigenvalue weighted by Gasteiger charge is 2.20. The molecule has 1 saturated heterocycles. The third kappa shape index (κ3) is 4.66. The van der Waals surface area contributed by atoms with Gasteiger partial charge in [0.15, 0.2) is 5.96 Å². The van der Waals surface area contributed by atoms with Crippen molar-refractivity contribution in [2.75, 3.05) is 32.7 Å². The van der Waals surface area contributed by atoms with Gasteiger partial charge >= 0.3 is 0 Å². The number of rotatable bonds is 3. The van der Waals surface area contributed by atoms with Gasteiger partial charge in [-0.1, -0.05) is 6.07 Å². The van der Waals surface area contributed by atoms with Gasteiger partial charge in [-0.15, -0.1) is 24.0 Å². The fraction of sp³-hybridized carbons (Fsp3) is 0.500. The SMILES string of the molecule is CCNC(=NCc1cn2c(C)cccc2n1)N1CCN(C(C)=O)CC1.I. The molecule has 0 radical (unpaired) electrons. The van der Waals surface area contributed by atoms with E-state index in [9.17, 15) is 4.79 Å². The Kier molecular flexibility index (Phi) is 7.24. The number of imidazole rings is 1. The van der Waals surface area contributed by atoms with Gasteiger partial charge in [0.1, 0.15) is 5.65 Å². The van der Waals surface area contributed by atoms with Crippen molar-refractivity contribution in [3.63, 3.8) is 0 Å². The molecule has 26 heavy (non-hydrogen) atoms. The minimum Gasteiger partial charge on any atom is -0.357 e. The summed E-state index contributed by atoms with van der Waals surface area (Å²) in [6, 6.07) is 6.09. The number of aliphatic imine (C=N–C) groups is 1. The van der Waals surface area contributed by atoms with Crippen LogP contribution in [0, 0.1) is 6.92 Å². The van der Waals surface area contributed by atoms with E-state index in [1.807, 2.05) is 23.2 Å². The van der Waals surface area contributed by atoms with Crippen molar-refractivity contribution in [2.24, 2.45) is 4.99 Å². The number of aryl methyl sites for hydroxylation is 1. The van der Waals surface area contributed by atoms with Crippen molar-refractivity contribution in [1.29, 1.82) is 0 Å². The van der Waals surface area contributed by atoms with E-state index < -0.39 is 0 Å². The Labute approximate surface area is 171 Å². The molecule has 0 atom stereocenters.